The maximum absolute atomic E-state index is 11.3. The Balaban J connectivity index is 1.96. The van der Waals surface area contributed by atoms with Crippen LogP contribution in [0.2, 0.25) is 0 Å². The minimum absolute atomic E-state index is 0.236. The molecule has 0 aromatic heterocycles. The quantitative estimate of drug-likeness (QED) is 0.809. The van der Waals surface area contributed by atoms with Gasteiger partial charge < -0.3 is 15.7 Å². The number of hydrogen-bond acceptors (Lipinski definition) is 4. The second kappa shape index (κ2) is 4.10. The van der Waals surface area contributed by atoms with Crippen LogP contribution < -0.4 is 5.73 Å². The topological polar surface area (TPSA) is 84.9 Å². The van der Waals surface area contributed by atoms with Crippen LogP contribution in [0.1, 0.15) is 12.0 Å². The Bertz CT molecular complexity index is 500. The molecule has 4 atom stereocenters. The Morgan fingerprint density at radius 2 is 2.11 bits per heavy atom. The number of nitrogens with two attached hydrogens (primary N) is 1. The van der Waals surface area contributed by atoms with Crippen molar-refractivity contribution in [2.75, 3.05) is 0 Å². The summed E-state index contributed by atoms with van der Waals surface area (Å²) in [4.78, 5) is 16.6. The lowest BCUT2D eigenvalue weighted by molar-refractivity contribution is -0.142. The van der Waals surface area contributed by atoms with Crippen molar-refractivity contribution in [3.05, 3.63) is 35.9 Å². The van der Waals surface area contributed by atoms with E-state index in [9.17, 15) is 9.90 Å². The van der Waals surface area contributed by atoms with Crippen molar-refractivity contribution in [3.8, 4) is 0 Å². The number of rotatable bonds is 2. The molecule has 1 fully saturated rings. The lowest BCUT2D eigenvalue weighted by atomic mass is 9.87. The van der Waals surface area contributed by atoms with Crippen LogP contribution in [-0.2, 0) is 9.63 Å². The number of carboxylic acids is 1. The SMILES string of the molecule is N[C@H]1C[C@@H](C(=O)O)[C@@H]2C(c3ccccc3)=NO[C@@H]21. The number of carboxylic acid groups (broad SMARTS) is 1. The summed E-state index contributed by atoms with van der Waals surface area (Å²) >= 11 is 0. The second-order valence-electron chi connectivity index (χ2n) is 4.78. The molecule has 1 aromatic rings. The van der Waals surface area contributed by atoms with Gasteiger partial charge in [0.05, 0.1) is 17.5 Å². The zero-order valence-corrected chi connectivity index (χ0v) is 9.69. The van der Waals surface area contributed by atoms with E-state index >= 15 is 0 Å². The van der Waals surface area contributed by atoms with E-state index in [2.05, 4.69) is 5.16 Å². The number of oxime groups is 1. The lowest BCUT2D eigenvalue weighted by Crippen LogP contribution is -2.34. The van der Waals surface area contributed by atoms with Crippen molar-refractivity contribution in [2.24, 2.45) is 22.7 Å². The highest BCUT2D eigenvalue weighted by molar-refractivity contribution is 6.05. The van der Waals surface area contributed by atoms with E-state index in [-0.39, 0.29) is 18.1 Å². The van der Waals surface area contributed by atoms with Crippen LogP contribution in [0.3, 0.4) is 0 Å². The van der Waals surface area contributed by atoms with E-state index in [0.717, 1.165) is 5.56 Å². The monoisotopic (exact) mass is 246 g/mol. The van der Waals surface area contributed by atoms with Gasteiger partial charge in [-0.3, -0.25) is 4.79 Å². The molecule has 0 spiro atoms. The van der Waals surface area contributed by atoms with E-state index in [1.807, 2.05) is 30.3 Å². The molecule has 1 saturated carbocycles. The predicted molar refractivity (Wildman–Crippen MR) is 65.1 cm³/mol. The molecule has 1 aliphatic carbocycles. The Morgan fingerprint density at radius 3 is 2.78 bits per heavy atom. The van der Waals surface area contributed by atoms with Gasteiger partial charge in [-0.2, -0.15) is 0 Å². The summed E-state index contributed by atoms with van der Waals surface area (Å²) in [5, 5.41) is 13.3. The van der Waals surface area contributed by atoms with Crippen LogP contribution in [-0.4, -0.2) is 28.9 Å². The average Bonchev–Trinajstić information content (AvgIpc) is 2.92. The largest absolute Gasteiger partial charge is 0.481 e. The van der Waals surface area contributed by atoms with Gasteiger partial charge in [0.1, 0.15) is 0 Å². The number of nitrogens with zero attached hydrogens (tertiary/aromatic N) is 1. The molecule has 0 amide bonds. The fraction of sp³-hybridized carbons (Fsp3) is 0.385. The summed E-state index contributed by atoms with van der Waals surface area (Å²) in [6.07, 6.45) is 0.137. The highest BCUT2D eigenvalue weighted by Gasteiger charge is 2.52. The van der Waals surface area contributed by atoms with Crippen molar-refractivity contribution < 1.29 is 14.7 Å². The highest BCUT2D eigenvalue weighted by Crippen LogP contribution is 2.40. The average molecular weight is 246 g/mol. The fourth-order valence-electron chi connectivity index (χ4n) is 2.85. The van der Waals surface area contributed by atoms with E-state index in [1.54, 1.807) is 0 Å². The summed E-state index contributed by atoms with van der Waals surface area (Å²) in [6, 6.07) is 9.26. The Hall–Kier alpha value is -1.88. The van der Waals surface area contributed by atoms with Crippen LogP contribution in [0.15, 0.2) is 35.5 Å². The maximum atomic E-state index is 11.3. The minimum atomic E-state index is -0.827. The second-order valence-corrected chi connectivity index (χ2v) is 4.78. The minimum Gasteiger partial charge on any atom is -0.481 e. The molecule has 3 rings (SSSR count). The van der Waals surface area contributed by atoms with Crippen LogP contribution in [0.5, 0.6) is 0 Å². The molecule has 5 nitrogen and oxygen atoms in total. The van der Waals surface area contributed by atoms with Gasteiger partial charge in [-0.15, -0.1) is 0 Å². The fourth-order valence-corrected chi connectivity index (χ4v) is 2.85. The van der Waals surface area contributed by atoms with Crippen LogP contribution in [0, 0.1) is 11.8 Å². The third-order valence-electron chi connectivity index (χ3n) is 3.71. The van der Waals surface area contributed by atoms with Crippen molar-refractivity contribution >= 4 is 11.7 Å². The molecule has 0 radical (unpaired) electrons. The molecule has 1 aliphatic heterocycles. The maximum Gasteiger partial charge on any atom is 0.307 e. The normalized spacial score (nSPS) is 33.7. The first-order chi connectivity index (χ1) is 8.68. The molecule has 3 N–H and O–H groups in total. The summed E-state index contributed by atoms with van der Waals surface area (Å²) in [6.45, 7) is 0. The van der Waals surface area contributed by atoms with Gasteiger partial charge in [-0.25, -0.2) is 0 Å². The molecule has 0 saturated heterocycles. The van der Waals surface area contributed by atoms with Gasteiger partial charge in [-0.05, 0) is 12.0 Å². The van der Waals surface area contributed by atoms with Crippen molar-refractivity contribution in [2.45, 2.75) is 18.6 Å². The Labute approximate surface area is 104 Å². The molecule has 2 aliphatic rings. The molecule has 0 bridgehead atoms. The summed E-state index contributed by atoms with van der Waals surface area (Å²) in [7, 11) is 0. The van der Waals surface area contributed by atoms with Crippen LogP contribution >= 0.6 is 0 Å². The van der Waals surface area contributed by atoms with Gasteiger partial charge in [0.15, 0.2) is 6.10 Å². The molecule has 1 aromatic carbocycles. The van der Waals surface area contributed by atoms with Crippen molar-refractivity contribution in [3.63, 3.8) is 0 Å². The van der Waals surface area contributed by atoms with Gasteiger partial charge >= 0.3 is 5.97 Å². The van der Waals surface area contributed by atoms with E-state index in [0.29, 0.717) is 12.1 Å². The van der Waals surface area contributed by atoms with Gasteiger partial charge in [0, 0.05) is 6.04 Å². The molecule has 18 heavy (non-hydrogen) atoms. The molecule has 5 heteroatoms. The first kappa shape index (κ1) is 11.2. The standard InChI is InChI=1S/C13H14N2O3/c14-9-6-8(13(16)17)10-11(15-18-12(9)10)7-4-2-1-3-5-7/h1-5,8-10,12H,6,14H2,(H,16,17)/t8-,9+,10-,12-/m1/s1. The highest BCUT2D eigenvalue weighted by atomic mass is 16.6. The van der Waals surface area contributed by atoms with Crippen LogP contribution in [0.25, 0.3) is 0 Å². The number of fused-ring (bicyclic) bond motifs is 1. The molecular formula is C13H14N2O3. The first-order valence-electron chi connectivity index (χ1n) is 5.96. The molecule has 94 valence electrons. The van der Waals surface area contributed by atoms with E-state index in [4.69, 9.17) is 10.6 Å². The number of carbonyl (C=O) groups is 1. The van der Waals surface area contributed by atoms with Gasteiger partial charge in [-0.1, -0.05) is 35.5 Å². The van der Waals surface area contributed by atoms with E-state index < -0.39 is 11.9 Å². The zero-order valence-electron chi connectivity index (χ0n) is 9.69. The smallest absolute Gasteiger partial charge is 0.307 e. The third kappa shape index (κ3) is 1.59. The summed E-state index contributed by atoms with van der Waals surface area (Å²) in [5.41, 5.74) is 7.54. The number of hydrogen-bond donors (Lipinski definition) is 2. The lowest BCUT2D eigenvalue weighted by Gasteiger charge is -2.15. The number of benzene rings is 1. The van der Waals surface area contributed by atoms with E-state index in [1.165, 1.54) is 0 Å². The first-order valence-corrected chi connectivity index (χ1v) is 5.96. The van der Waals surface area contributed by atoms with Crippen molar-refractivity contribution in [1.82, 2.24) is 0 Å². The molecule has 0 unspecified atom stereocenters. The third-order valence-corrected chi connectivity index (χ3v) is 3.71. The summed E-state index contributed by atoms with van der Waals surface area (Å²) < 4.78 is 0. The van der Waals surface area contributed by atoms with Gasteiger partial charge in [0.25, 0.3) is 0 Å². The number of aliphatic carboxylic acids is 1. The zero-order chi connectivity index (χ0) is 12.7. The summed E-state index contributed by atoms with van der Waals surface area (Å²) in [5.74, 6) is -1.57. The van der Waals surface area contributed by atoms with Crippen LogP contribution in [0.4, 0.5) is 0 Å². The van der Waals surface area contributed by atoms with Gasteiger partial charge in [0.2, 0.25) is 0 Å². The molecule has 1 heterocycles. The Morgan fingerprint density at radius 1 is 1.39 bits per heavy atom. The van der Waals surface area contributed by atoms with Crippen molar-refractivity contribution in [1.29, 1.82) is 0 Å². The predicted octanol–water partition coefficient (Wildman–Crippen LogP) is 0.837. The Kier molecular flexibility index (Phi) is 2.56. The molecular weight excluding hydrogens is 232 g/mol.